The lowest BCUT2D eigenvalue weighted by molar-refractivity contribution is -0.133. The second-order valence-corrected chi connectivity index (χ2v) is 7.91. The summed E-state index contributed by atoms with van der Waals surface area (Å²) in [6.45, 7) is 0. The van der Waals surface area contributed by atoms with Gasteiger partial charge in [-0.2, -0.15) is 0 Å². The van der Waals surface area contributed by atoms with Gasteiger partial charge < -0.3 is 0 Å². The molecule has 7 aliphatic carbocycles. The van der Waals surface area contributed by atoms with Crippen LogP contribution in [0, 0.1) is 47.3 Å². The monoisotopic (exact) mass is 266 g/mol. The van der Waals surface area contributed by atoms with Gasteiger partial charge in [-0.25, -0.2) is 0 Å². The minimum atomic E-state index is 0.0211. The first-order valence-corrected chi connectivity index (χ1v) is 8.26. The molecule has 3 saturated carbocycles. The van der Waals surface area contributed by atoms with Crippen LogP contribution in [-0.2, 0) is 9.59 Å². The van der Waals surface area contributed by atoms with Crippen LogP contribution < -0.4 is 0 Å². The zero-order valence-electron chi connectivity index (χ0n) is 11.4. The molecule has 0 radical (unpaired) electrons. The van der Waals surface area contributed by atoms with Gasteiger partial charge in [0, 0.05) is 23.0 Å². The predicted molar refractivity (Wildman–Crippen MR) is 72.6 cm³/mol. The van der Waals surface area contributed by atoms with Crippen molar-refractivity contribution in [1.82, 2.24) is 0 Å². The third kappa shape index (κ3) is 0.943. The SMILES string of the molecule is O=C1C2=C(C(=O)[C@H]3[C@@H]1[C@H]1C=C[C@@H]3C1)[C@@H]1CC[C@H]2[C@H]2C[C@H]21. The topological polar surface area (TPSA) is 34.1 Å². The number of carbonyl (C=O) groups excluding carboxylic acids is 2. The van der Waals surface area contributed by atoms with Crippen molar-refractivity contribution < 1.29 is 9.59 Å². The van der Waals surface area contributed by atoms with Crippen molar-refractivity contribution in [1.29, 1.82) is 0 Å². The lowest BCUT2D eigenvalue weighted by Gasteiger charge is -2.44. The summed E-state index contributed by atoms with van der Waals surface area (Å²) in [5.74, 6) is 3.99. The van der Waals surface area contributed by atoms with Crippen molar-refractivity contribution in [3.63, 3.8) is 0 Å². The second-order valence-electron chi connectivity index (χ2n) is 7.91. The van der Waals surface area contributed by atoms with Crippen molar-refractivity contribution in [3.8, 4) is 0 Å². The van der Waals surface area contributed by atoms with Gasteiger partial charge in [0.2, 0.25) is 0 Å². The summed E-state index contributed by atoms with van der Waals surface area (Å²) in [5.41, 5.74) is 2.07. The molecule has 8 atom stereocenters. The van der Waals surface area contributed by atoms with E-state index in [1.807, 2.05) is 0 Å². The number of ketones is 2. The third-order valence-corrected chi connectivity index (χ3v) is 7.34. The van der Waals surface area contributed by atoms with E-state index in [1.165, 1.54) is 19.3 Å². The van der Waals surface area contributed by atoms with Gasteiger partial charge in [0.1, 0.15) is 0 Å². The summed E-state index contributed by atoms with van der Waals surface area (Å²) in [4.78, 5) is 26.2. The summed E-state index contributed by atoms with van der Waals surface area (Å²) in [7, 11) is 0. The fraction of sp³-hybridized carbons (Fsp3) is 0.667. The summed E-state index contributed by atoms with van der Waals surface area (Å²) < 4.78 is 0. The van der Waals surface area contributed by atoms with Gasteiger partial charge in [0.25, 0.3) is 0 Å². The van der Waals surface area contributed by atoms with Crippen molar-refractivity contribution in [2.75, 3.05) is 0 Å². The Balaban J connectivity index is 1.57. The Labute approximate surface area is 118 Å². The Bertz CT molecular complexity index is 588. The third-order valence-electron chi connectivity index (χ3n) is 7.34. The number of Topliss-reactive ketones (excluding diaryl/α,β-unsaturated/α-hetero) is 2. The molecule has 7 rings (SSSR count). The fourth-order valence-electron chi connectivity index (χ4n) is 6.59. The average Bonchev–Trinajstić information content (AvgIpc) is 3.06. The Morgan fingerprint density at radius 3 is 1.75 bits per heavy atom. The fourth-order valence-corrected chi connectivity index (χ4v) is 6.59. The maximum atomic E-state index is 13.1. The minimum Gasteiger partial charge on any atom is -0.294 e. The van der Waals surface area contributed by atoms with Crippen molar-refractivity contribution >= 4 is 11.6 Å². The quantitative estimate of drug-likeness (QED) is 0.631. The predicted octanol–water partition coefficient (Wildman–Crippen LogP) is 2.55. The largest absolute Gasteiger partial charge is 0.294 e. The molecule has 0 heterocycles. The number of fused-ring (bicyclic) bond motifs is 6. The molecule has 0 spiro atoms. The van der Waals surface area contributed by atoms with E-state index < -0.39 is 0 Å². The molecule has 2 nitrogen and oxygen atoms in total. The van der Waals surface area contributed by atoms with Crippen LogP contribution in [-0.4, -0.2) is 11.6 Å². The van der Waals surface area contributed by atoms with Crippen molar-refractivity contribution in [3.05, 3.63) is 23.3 Å². The first-order chi connectivity index (χ1) is 9.75. The van der Waals surface area contributed by atoms with E-state index in [1.54, 1.807) is 0 Å². The van der Waals surface area contributed by atoms with E-state index in [0.717, 1.165) is 29.4 Å². The molecule has 0 unspecified atom stereocenters. The highest BCUT2D eigenvalue weighted by atomic mass is 16.1. The first-order valence-electron chi connectivity index (χ1n) is 8.26. The van der Waals surface area contributed by atoms with Crippen LogP contribution in [0.4, 0.5) is 0 Å². The summed E-state index contributed by atoms with van der Waals surface area (Å²) in [5, 5.41) is 0. The smallest absolute Gasteiger partial charge is 0.163 e. The maximum Gasteiger partial charge on any atom is 0.163 e. The Hall–Kier alpha value is -1.18. The summed E-state index contributed by atoms with van der Waals surface area (Å²) in [6, 6.07) is 0. The van der Waals surface area contributed by atoms with Crippen molar-refractivity contribution in [2.24, 2.45) is 47.3 Å². The molecule has 2 heteroatoms. The number of hydrogen-bond acceptors (Lipinski definition) is 2. The van der Waals surface area contributed by atoms with E-state index in [-0.39, 0.29) is 11.8 Å². The lowest BCUT2D eigenvalue weighted by Crippen LogP contribution is -2.47. The van der Waals surface area contributed by atoms with Crippen molar-refractivity contribution in [2.45, 2.75) is 25.7 Å². The van der Waals surface area contributed by atoms with Gasteiger partial charge >= 0.3 is 0 Å². The molecular weight excluding hydrogens is 248 g/mol. The zero-order valence-corrected chi connectivity index (χ0v) is 11.4. The van der Waals surface area contributed by atoms with Crippen LogP contribution in [0.2, 0.25) is 0 Å². The van der Waals surface area contributed by atoms with Gasteiger partial charge in [0.15, 0.2) is 11.6 Å². The number of allylic oxidation sites excluding steroid dienone is 4. The lowest BCUT2D eigenvalue weighted by atomic mass is 9.57. The van der Waals surface area contributed by atoms with Crippen LogP contribution in [0.15, 0.2) is 23.3 Å². The first kappa shape index (κ1) is 10.5. The second kappa shape index (κ2) is 3.03. The molecule has 0 aromatic heterocycles. The molecule has 4 bridgehead atoms. The van der Waals surface area contributed by atoms with Crippen LogP contribution in [0.5, 0.6) is 0 Å². The summed E-state index contributed by atoms with van der Waals surface area (Å²) >= 11 is 0. The number of hydrogen-bond donors (Lipinski definition) is 0. The Kier molecular flexibility index (Phi) is 1.59. The van der Waals surface area contributed by atoms with E-state index in [2.05, 4.69) is 12.2 Å². The minimum absolute atomic E-state index is 0.0211. The van der Waals surface area contributed by atoms with Crippen LogP contribution in [0.3, 0.4) is 0 Å². The highest BCUT2D eigenvalue weighted by Crippen LogP contribution is 2.67. The normalized spacial score (nSPS) is 57.0. The molecule has 20 heavy (non-hydrogen) atoms. The Morgan fingerprint density at radius 1 is 0.750 bits per heavy atom. The molecule has 0 saturated heterocycles. The van der Waals surface area contributed by atoms with Gasteiger partial charge in [-0.3, -0.25) is 9.59 Å². The molecule has 102 valence electrons. The highest BCUT2D eigenvalue weighted by molar-refractivity contribution is 6.16. The van der Waals surface area contributed by atoms with Gasteiger partial charge in [-0.05, 0) is 61.2 Å². The zero-order chi connectivity index (χ0) is 13.2. The molecule has 0 aliphatic heterocycles. The molecule has 0 aromatic rings. The summed E-state index contributed by atoms with van der Waals surface area (Å²) in [6.07, 6.45) is 9.10. The van der Waals surface area contributed by atoms with E-state index >= 15 is 0 Å². The molecule has 0 N–H and O–H groups in total. The molecule has 0 amide bonds. The Morgan fingerprint density at radius 2 is 1.25 bits per heavy atom. The van der Waals surface area contributed by atoms with E-state index in [9.17, 15) is 9.59 Å². The maximum absolute atomic E-state index is 13.1. The highest BCUT2D eigenvalue weighted by Gasteiger charge is 2.64. The molecule has 7 aliphatic rings. The van der Waals surface area contributed by atoms with Crippen LogP contribution in [0.25, 0.3) is 0 Å². The standard InChI is InChI=1S/C18H18O2/c19-17-13-7-1-2-8(5-7)14(13)18(20)16-10-4-3-9(15(16)17)11-6-12(10)11/h1-2,7-14H,3-6H2/t7-,8+,9-,10+,11+,12-,13-,14+. The van der Waals surface area contributed by atoms with E-state index in [0.29, 0.717) is 35.2 Å². The van der Waals surface area contributed by atoms with E-state index in [4.69, 9.17) is 0 Å². The van der Waals surface area contributed by atoms with Gasteiger partial charge in [-0.15, -0.1) is 0 Å². The van der Waals surface area contributed by atoms with Crippen LogP contribution in [0.1, 0.15) is 25.7 Å². The molecule has 0 aromatic carbocycles. The van der Waals surface area contributed by atoms with Crippen LogP contribution >= 0.6 is 0 Å². The molecule has 3 fully saturated rings. The van der Waals surface area contributed by atoms with Gasteiger partial charge in [-0.1, -0.05) is 12.2 Å². The molecular formula is C18H18O2. The number of rotatable bonds is 0. The number of carbonyl (C=O) groups is 2. The van der Waals surface area contributed by atoms with Gasteiger partial charge in [0.05, 0.1) is 0 Å². The average molecular weight is 266 g/mol.